The zero-order chi connectivity index (χ0) is 38.7. The molecule has 2 aliphatic rings. The number of primary amides is 1. The predicted octanol–water partition coefficient (Wildman–Crippen LogP) is 3.39. The molecule has 0 bridgehead atoms. The minimum atomic E-state index is -2.03. The molecular formula is C37H47NO13. The molecule has 9 atom stereocenters. The summed E-state index contributed by atoms with van der Waals surface area (Å²) in [6.07, 6.45) is 4.15. The Hall–Kier alpha value is -4.79. The van der Waals surface area contributed by atoms with Crippen molar-refractivity contribution in [3.05, 3.63) is 64.5 Å². The van der Waals surface area contributed by atoms with Gasteiger partial charge in [-0.2, -0.15) is 0 Å². The number of fused-ring (bicyclic) bond motifs is 3. The molecule has 1 aromatic carbocycles. The van der Waals surface area contributed by atoms with E-state index in [1.54, 1.807) is 46.8 Å². The normalized spacial score (nSPS) is 22.3. The number of ketones is 3. The van der Waals surface area contributed by atoms with Crippen LogP contribution in [0.3, 0.4) is 0 Å². The van der Waals surface area contributed by atoms with Crippen LogP contribution < -0.4 is 10.5 Å². The number of benzene rings is 1. The van der Waals surface area contributed by atoms with E-state index >= 15 is 0 Å². The van der Waals surface area contributed by atoms with Gasteiger partial charge in [0.1, 0.15) is 23.4 Å². The van der Waals surface area contributed by atoms with Crippen molar-refractivity contribution in [1.29, 1.82) is 0 Å². The molecule has 1 amide bonds. The van der Waals surface area contributed by atoms with Gasteiger partial charge in [-0.25, -0.2) is 0 Å². The smallest absolute Gasteiger partial charge is 0.312 e. The number of rotatable bonds is 15. The number of hydrogen-bond donors (Lipinski definition) is 5. The summed E-state index contributed by atoms with van der Waals surface area (Å²) in [5.41, 5.74) is 4.49. The van der Waals surface area contributed by atoms with Crippen molar-refractivity contribution in [2.75, 3.05) is 7.11 Å². The van der Waals surface area contributed by atoms with Gasteiger partial charge >= 0.3 is 11.8 Å². The Morgan fingerprint density at radius 1 is 0.941 bits per heavy atom. The van der Waals surface area contributed by atoms with E-state index in [0.29, 0.717) is 11.6 Å². The number of phenolic OH excluding ortho intramolecular Hbond substituents is 1. The second-order valence-corrected chi connectivity index (χ2v) is 13.3. The summed E-state index contributed by atoms with van der Waals surface area (Å²) in [5.74, 6) is -10.0. The zero-order valence-electron chi connectivity index (χ0n) is 30.1. The molecule has 278 valence electrons. The first-order valence-corrected chi connectivity index (χ1v) is 16.4. The molecule has 1 aliphatic carbocycles. The molecule has 0 spiro atoms. The maximum atomic E-state index is 13.7. The summed E-state index contributed by atoms with van der Waals surface area (Å²) in [7, 11) is 1.40. The number of amides is 1. The van der Waals surface area contributed by atoms with Crippen LogP contribution >= 0.6 is 0 Å². The Balaban J connectivity index is 1.82. The first kappa shape index (κ1) is 40.6. The van der Waals surface area contributed by atoms with Crippen LogP contribution in [0.5, 0.6) is 11.5 Å². The SMILES string of the molecule is CO[C@@H](/C=C/O[C@@]1(C)Oc2c(C)c(O)c3c(c2C1=O)C(O)=CC(=O)C3=O)[C@@H](C)[C@@H](OC(C)=O)[C@H](C)[C@H](O)[C@H](C)[C@@H](O)[C@@H](C)/C=C/C=C(/C)C(N)=O. The zero-order valence-corrected chi connectivity index (χ0v) is 30.1. The van der Waals surface area contributed by atoms with Gasteiger partial charge in [0.2, 0.25) is 17.5 Å². The number of esters is 1. The summed E-state index contributed by atoms with van der Waals surface area (Å²) < 4.78 is 22.9. The Labute approximate surface area is 296 Å². The third-order valence-electron chi connectivity index (χ3n) is 9.57. The molecular weight excluding hydrogens is 666 g/mol. The van der Waals surface area contributed by atoms with Gasteiger partial charge in [-0.1, -0.05) is 45.9 Å². The maximum Gasteiger partial charge on any atom is 0.312 e. The van der Waals surface area contributed by atoms with Crippen molar-refractivity contribution < 1.29 is 63.3 Å². The molecule has 3 rings (SSSR count). The maximum absolute atomic E-state index is 13.7. The molecule has 14 heteroatoms. The Morgan fingerprint density at radius 3 is 2.14 bits per heavy atom. The number of hydrogen-bond acceptors (Lipinski definition) is 13. The third kappa shape index (κ3) is 8.24. The number of aliphatic hydroxyl groups is 3. The number of aliphatic hydroxyl groups excluding tert-OH is 3. The number of allylic oxidation sites excluding steroid dienone is 3. The fourth-order valence-electron chi connectivity index (χ4n) is 6.30. The van der Waals surface area contributed by atoms with E-state index in [1.807, 2.05) is 0 Å². The van der Waals surface area contributed by atoms with E-state index in [4.69, 9.17) is 24.7 Å². The second kappa shape index (κ2) is 16.0. The van der Waals surface area contributed by atoms with Crippen molar-refractivity contribution in [2.45, 2.75) is 85.6 Å². The lowest BCUT2D eigenvalue weighted by atomic mass is 9.78. The third-order valence-corrected chi connectivity index (χ3v) is 9.57. The molecule has 0 radical (unpaired) electrons. The Morgan fingerprint density at radius 2 is 1.57 bits per heavy atom. The molecule has 0 saturated heterocycles. The van der Waals surface area contributed by atoms with Gasteiger partial charge in [0.05, 0.1) is 35.7 Å². The van der Waals surface area contributed by atoms with E-state index in [2.05, 4.69) is 0 Å². The predicted molar refractivity (Wildman–Crippen MR) is 183 cm³/mol. The van der Waals surface area contributed by atoms with Gasteiger partial charge in [0.25, 0.3) is 5.78 Å². The average Bonchev–Trinajstić information content (AvgIpc) is 3.33. The number of aromatic hydroxyl groups is 1. The summed E-state index contributed by atoms with van der Waals surface area (Å²) in [4.78, 5) is 61.8. The number of ether oxygens (including phenoxy) is 4. The van der Waals surface area contributed by atoms with Crippen molar-refractivity contribution in [2.24, 2.45) is 29.4 Å². The van der Waals surface area contributed by atoms with Crippen molar-refractivity contribution >= 4 is 35.0 Å². The lowest BCUT2D eigenvalue weighted by molar-refractivity contribution is -0.160. The van der Waals surface area contributed by atoms with Crippen molar-refractivity contribution in [3.8, 4) is 11.5 Å². The fraction of sp³-hybridized carbons (Fsp3) is 0.486. The van der Waals surface area contributed by atoms with Crippen LogP contribution in [0, 0.1) is 30.6 Å². The molecule has 0 fully saturated rings. The van der Waals surface area contributed by atoms with Crippen LogP contribution in [0.4, 0.5) is 0 Å². The number of nitrogens with two attached hydrogens (primary N) is 1. The molecule has 1 heterocycles. The molecule has 14 nitrogen and oxygen atoms in total. The van der Waals surface area contributed by atoms with Gasteiger partial charge in [-0.05, 0) is 19.9 Å². The highest BCUT2D eigenvalue weighted by Crippen LogP contribution is 2.48. The lowest BCUT2D eigenvalue weighted by Gasteiger charge is -2.38. The van der Waals surface area contributed by atoms with Crippen LogP contribution in [0.1, 0.15) is 80.3 Å². The number of phenols is 1. The Bertz CT molecular complexity index is 1710. The highest BCUT2D eigenvalue weighted by Gasteiger charge is 2.51. The second-order valence-electron chi connectivity index (χ2n) is 13.3. The minimum Gasteiger partial charge on any atom is -0.507 e. The van der Waals surface area contributed by atoms with Gasteiger partial charge in [0.15, 0.2) is 0 Å². The van der Waals surface area contributed by atoms with E-state index < -0.39 is 100 Å². The molecule has 1 aliphatic heterocycles. The van der Waals surface area contributed by atoms with E-state index in [-0.39, 0.29) is 22.4 Å². The molecule has 0 saturated carbocycles. The number of Topliss-reactive ketones (excluding diaryl/α,β-unsaturated/α-hetero) is 2. The van der Waals surface area contributed by atoms with Gasteiger partial charge in [0, 0.05) is 67.4 Å². The van der Waals surface area contributed by atoms with Crippen molar-refractivity contribution in [1.82, 2.24) is 0 Å². The first-order valence-electron chi connectivity index (χ1n) is 16.4. The van der Waals surface area contributed by atoms with E-state index in [1.165, 1.54) is 40.0 Å². The highest BCUT2D eigenvalue weighted by atomic mass is 16.7. The van der Waals surface area contributed by atoms with E-state index in [9.17, 15) is 44.4 Å². The van der Waals surface area contributed by atoms with Crippen LogP contribution in [0.2, 0.25) is 0 Å². The van der Waals surface area contributed by atoms with Gasteiger partial charge in [-0.15, -0.1) is 0 Å². The Kier molecular flexibility index (Phi) is 12.8. The molecule has 0 aromatic heterocycles. The summed E-state index contributed by atoms with van der Waals surface area (Å²) >= 11 is 0. The summed E-state index contributed by atoms with van der Waals surface area (Å²) in [6, 6.07) is 0. The van der Waals surface area contributed by atoms with Crippen LogP contribution in [0.15, 0.2) is 42.2 Å². The lowest BCUT2D eigenvalue weighted by Crippen LogP contribution is -2.46. The molecule has 6 N–H and O–H groups in total. The van der Waals surface area contributed by atoms with Crippen LogP contribution in [0.25, 0.3) is 5.76 Å². The number of carbonyl (C=O) groups excluding carboxylic acids is 5. The largest absolute Gasteiger partial charge is 0.507 e. The molecule has 1 aromatic rings. The summed E-state index contributed by atoms with van der Waals surface area (Å²) in [5, 5.41) is 43.6. The fourth-order valence-corrected chi connectivity index (χ4v) is 6.30. The number of carbonyl (C=O) groups is 5. The minimum absolute atomic E-state index is 0.0100. The molecule has 0 unspecified atom stereocenters. The summed E-state index contributed by atoms with van der Waals surface area (Å²) in [6.45, 7) is 12.3. The van der Waals surface area contributed by atoms with Crippen molar-refractivity contribution in [3.63, 3.8) is 0 Å². The van der Waals surface area contributed by atoms with Crippen LogP contribution in [-0.2, 0) is 28.6 Å². The average molecular weight is 714 g/mol. The number of methoxy groups -OCH3 is 1. The van der Waals surface area contributed by atoms with E-state index in [0.717, 1.165) is 6.26 Å². The highest BCUT2D eigenvalue weighted by molar-refractivity contribution is 6.51. The van der Waals surface area contributed by atoms with Crippen LogP contribution in [-0.4, -0.2) is 87.0 Å². The monoisotopic (exact) mass is 713 g/mol. The first-order chi connectivity index (χ1) is 23.7. The quantitative estimate of drug-likeness (QED) is 0.0578. The van der Waals surface area contributed by atoms with Gasteiger partial charge in [-0.3, -0.25) is 24.0 Å². The van der Waals surface area contributed by atoms with Gasteiger partial charge < -0.3 is 45.1 Å². The topological polar surface area (TPSA) is 229 Å². The molecule has 51 heavy (non-hydrogen) atoms. The standard InChI is InChI=1S/C37H47NO13/c1-16(11-10-12-17(2)36(38)47)29(42)19(4)30(43)20(5)33(50-22(7)39)18(3)25(48-9)13-14-49-37(8)35(46)28-26-23(40)15-24(41)32(45)27(26)31(44)21(6)34(28)51-37/h10-16,18-20,25,29-30,33,40,42-44H,1-9H3,(H2,38,47)/b11-10+,14-13+,17-12-/t16-,18+,19+,20+,25-,29-,30+,33+,37-/m0/s1.